The quantitative estimate of drug-likeness (QED) is 0.356. The lowest BCUT2D eigenvalue weighted by molar-refractivity contribution is -0.156. The molecule has 1 atom stereocenters. The van der Waals surface area contributed by atoms with Crippen LogP contribution in [-0.2, 0) is 42.4 Å². The van der Waals surface area contributed by atoms with Gasteiger partial charge in [-0.1, -0.05) is 12.1 Å². The summed E-state index contributed by atoms with van der Waals surface area (Å²) in [6.07, 6.45) is -0.722. The number of likely N-dealkylation sites (tertiary alicyclic amines) is 1. The van der Waals surface area contributed by atoms with Crippen LogP contribution in [0, 0.1) is 5.82 Å². The summed E-state index contributed by atoms with van der Waals surface area (Å²) in [5.74, 6) is -7.91. The molecule has 3 amide bonds. The van der Waals surface area contributed by atoms with Crippen LogP contribution >= 0.6 is 7.82 Å². The number of benzene rings is 2. The van der Waals surface area contributed by atoms with Crippen molar-refractivity contribution >= 4 is 31.3 Å². The zero-order chi connectivity index (χ0) is 27.8. The molecule has 2 heterocycles. The standard InChI is InChI=1S/C24H22F3N2O8P/c25-17-5-3-16(4-6-17)24(26,27)20(30)9-2-14-1-7-18-15(11-14)12-28(22(18)32)19-8-10-21(31)29(23(19)33)13-37-38(34,35)36/h1,3-7,11,19H,2,8-10,12-13H2,(H2,34,35,36). The molecule has 2 aromatic rings. The van der Waals surface area contributed by atoms with E-state index in [0.717, 1.165) is 24.3 Å². The summed E-state index contributed by atoms with van der Waals surface area (Å²) in [6.45, 7) is -0.992. The number of rotatable bonds is 9. The predicted molar refractivity (Wildman–Crippen MR) is 123 cm³/mol. The smallest absolute Gasteiger partial charge is 0.322 e. The highest BCUT2D eigenvalue weighted by atomic mass is 31.2. The van der Waals surface area contributed by atoms with Crippen LogP contribution in [0.5, 0.6) is 0 Å². The molecule has 4 rings (SSSR count). The maximum absolute atomic E-state index is 14.5. The fourth-order valence-electron chi connectivity index (χ4n) is 4.42. The molecule has 2 N–H and O–H groups in total. The molecule has 1 unspecified atom stereocenters. The van der Waals surface area contributed by atoms with Gasteiger partial charge in [0.1, 0.15) is 18.6 Å². The number of carbonyl (C=O) groups excluding carboxylic acids is 4. The summed E-state index contributed by atoms with van der Waals surface area (Å²) in [4.78, 5) is 69.7. The van der Waals surface area contributed by atoms with Crippen molar-refractivity contribution in [2.75, 3.05) is 6.73 Å². The SMILES string of the molecule is O=C1CCC(N2Cc3cc(CCC(=O)C(F)(F)c4ccc(F)cc4)ccc3C2=O)C(=O)N1COP(=O)(O)O. The number of carbonyl (C=O) groups is 4. The van der Waals surface area contributed by atoms with Crippen LogP contribution in [0.2, 0.25) is 0 Å². The number of piperidine rings is 1. The molecular weight excluding hydrogens is 532 g/mol. The molecule has 0 saturated carbocycles. The van der Waals surface area contributed by atoms with Gasteiger partial charge in [-0.15, -0.1) is 0 Å². The second-order valence-electron chi connectivity index (χ2n) is 8.89. The molecule has 1 saturated heterocycles. The second kappa shape index (κ2) is 10.4. The molecular formula is C24H22F3N2O8P. The van der Waals surface area contributed by atoms with Crippen LogP contribution in [0.4, 0.5) is 13.2 Å². The van der Waals surface area contributed by atoms with Crippen molar-refractivity contribution in [3.8, 4) is 0 Å². The third-order valence-corrected chi connectivity index (χ3v) is 6.87. The molecule has 14 heteroatoms. The fourth-order valence-corrected chi connectivity index (χ4v) is 4.68. The first-order chi connectivity index (χ1) is 17.8. The average Bonchev–Trinajstić information content (AvgIpc) is 3.17. The number of phosphoric acid groups is 1. The van der Waals surface area contributed by atoms with Crippen LogP contribution in [0.3, 0.4) is 0 Å². The van der Waals surface area contributed by atoms with E-state index in [1.807, 2.05) is 0 Å². The zero-order valence-corrected chi connectivity index (χ0v) is 20.6. The number of ketones is 1. The van der Waals surface area contributed by atoms with Gasteiger partial charge in [0.25, 0.3) is 11.8 Å². The van der Waals surface area contributed by atoms with Gasteiger partial charge < -0.3 is 14.7 Å². The lowest BCUT2D eigenvalue weighted by Crippen LogP contribution is -2.55. The summed E-state index contributed by atoms with van der Waals surface area (Å²) in [6, 6.07) is 6.85. The van der Waals surface area contributed by atoms with Gasteiger partial charge in [0.05, 0.1) is 0 Å². The van der Waals surface area contributed by atoms with Crippen LogP contribution in [-0.4, -0.2) is 55.9 Å². The molecule has 2 aliphatic heterocycles. The van der Waals surface area contributed by atoms with Crippen LogP contribution < -0.4 is 0 Å². The van der Waals surface area contributed by atoms with E-state index in [9.17, 15) is 36.9 Å². The van der Waals surface area contributed by atoms with Crippen molar-refractivity contribution in [3.63, 3.8) is 0 Å². The Bertz CT molecular complexity index is 1340. The van der Waals surface area contributed by atoms with Gasteiger partial charge in [-0.25, -0.2) is 8.96 Å². The number of hydrogen-bond donors (Lipinski definition) is 2. The summed E-state index contributed by atoms with van der Waals surface area (Å²) < 4.78 is 57.3. The van der Waals surface area contributed by atoms with Crippen molar-refractivity contribution in [1.29, 1.82) is 0 Å². The number of amides is 3. The first kappa shape index (κ1) is 27.6. The zero-order valence-electron chi connectivity index (χ0n) is 19.7. The van der Waals surface area contributed by atoms with Gasteiger partial charge in [0.15, 0.2) is 0 Å². The van der Waals surface area contributed by atoms with Crippen molar-refractivity contribution in [2.45, 2.75) is 44.2 Å². The largest absolute Gasteiger partial charge is 0.471 e. The highest BCUT2D eigenvalue weighted by molar-refractivity contribution is 7.46. The second-order valence-corrected chi connectivity index (χ2v) is 10.1. The number of halogens is 3. The summed E-state index contributed by atoms with van der Waals surface area (Å²) >= 11 is 0. The van der Waals surface area contributed by atoms with Gasteiger partial charge in [-0.2, -0.15) is 8.78 Å². The third kappa shape index (κ3) is 5.70. The number of fused-ring (bicyclic) bond motifs is 1. The molecule has 0 aromatic heterocycles. The van der Waals surface area contributed by atoms with E-state index >= 15 is 0 Å². The van der Waals surface area contributed by atoms with Crippen molar-refractivity contribution in [2.24, 2.45) is 0 Å². The number of Topliss-reactive ketones (excluding diaryl/α,β-unsaturated/α-hetero) is 1. The Morgan fingerprint density at radius 1 is 1.11 bits per heavy atom. The Kier molecular flexibility index (Phi) is 7.57. The minimum atomic E-state index is -4.95. The normalized spacial score (nSPS) is 18.2. The molecule has 202 valence electrons. The summed E-state index contributed by atoms with van der Waals surface area (Å²) in [5, 5.41) is 0. The molecule has 10 nitrogen and oxygen atoms in total. The van der Waals surface area contributed by atoms with Gasteiger partial charge in [-0.3, -0.25) is 28.6 Å². The van der Waals surface area contributed by atoms with Gasteiger partial charge in [-0.05, 0) is 54.3 Å². The van der Waals surface area contributed by atoms with Crippen LogP contribution in [0.15, 0.2) is 42.5 Å². The summed E-state index contributed by atoms with van der Waals surface area (Å²) in [5.41, 5.74) is 0.644. The Morgan fingerprint density at radius 2 is 1.79 bits per heavy atom. The Hall–Kier alpha value is -3.38. The Morgan fingerprint density at radius 3 is 2.45 bits per heavy atom. The van der Waals surface area contributed by atoms with Crippen molar-refractivity contribution < 1.29 is 51.2 Å². The van der Waals surface area contributed by atoms with E-state index in [-0.39, 0.29) is 31.4 Å². The van der Waals surface area contributed by atoms with Gasteiger partial charge in [0, 0.05) is 30.5 Å². The fraction of sp³-hybridized carbons (Fsp3) is 0.333. The molecule has 0 spiro atoms. The van der Waals surface area contributed by atoms with E-state index in [0.29, 0.717) is 16.0 Å². The minimum Gasteiger partial charge on any atom is -0.322 e. The number of phosphoric ester groups is 1. The minimum absolute atomic E-state index is 0.00360. The third-order valence-electron chi connectivity index (χ3n) is 6.41. The Balaban J connectivity index is 1.43. The molecule has 0 bridgehead atoms. The molecule has 1 fully saturated rings. The predicted octanol–water partition coefficient (Wildman–Crippen LogP) is 2.66. The first-order valence-electron chi connectivity index (χ1n) is 11.4. The van der Waals surface area contributed by atoms with E-state index in [1.54, 1.807) is 6.07 Å². The Labute approximate surface area is 214 Å². The molecule has 38 heavy (non-hydrogen) atoms. The number of aryl methyl sites for hydroxylation is 1. The molecule has 2 aliphatic rings. The molecule has 0 aliphatic carbocycles. The average molecular weight is 554 g/mol. The van der Waals surface area contributed by atoms with E-state index < -0.39 is 67.8 Å². The number of hydrogen-bond acceptors (Lipinski definition) is 6. The maximum atomic E-state index is 14.5. The lowest BCUT2D eigenvalue weighted by atomic mass is 9.97. The highest BCUT2D eigenvalue weighted by Crippen LogP contribution is 2.37. The lowest BCUT2D eigenvalue weighted by Gasteiger charge is -2.35. The maximum Gasteiger partial charge on any atom is 0.471 e. The number of nitrogens with zero attached hydrogens (tertiary/aromatic N) is 2. The topological polar surface area (TPSA) is 142 Å². The van der Waals surface area contributed by atoms with E-state index in [1.165, 1.54) is 17.0 Å². The van der Waals surface area contributed by atoms with Gasteiger partial charge in [0.2, 0.25) is 11.7 Å². The van der Waals surface area contributed by atoms with Crippen LogP contribution in [0.25, 0.3) is 0 Å². The van der Waals surface area contributed by atoms with E-state index in [4.69, 9.17) is 9.79 Å². The molecule has 0 radical (unpaired) electrons. The monoisotopic (exact) mass is 554 g/mol. The highest BCUT2D eigenvalue weighted by Gasteiger charge is 2.43. The van der Waals surface area contributed by atoms with E-state index in [2.05, 4.69) is 4.52 Å². The molecule has 2 aromatic carbocycles. The first-order valence-corrected chi connectivity index (χ1v) is 12.9. The number of imide groups is 1. The van der Waals surface area contributed by atoms with Gasteiger partial charge >= 0.3 is 13.7 Å². The van der Waals surface area contributed by atoms with Crippen LogP contribution in [0.1, 0.15) is 46.3 Å². The summed E-state index contributed by atoms with van der Waals surface area (Å²) in [7, 11) is -4.95. The van der Waals surface area contributed by atoms with Crippen molar-refractivity contribution in [3.05, 3.63) is 70.5 Å². The van der Waals surface area contributed by atoms with Crippen molar-refractivity contribution in [1.82, 2.24) is 9.80 Å². The number of alkyl halides is 2.